The van der Waals surface area contributed by atoms with E-state index in [0.717, 1.165) is 10.6 Å². The van der Waals surface area contributed by atoms with E-state index in [1.807, 2.05) is 24.4 Å². The lowest BCUT2D eigenvalue weighted by atomic mass is 10.2. The fraction of sp³-hybridized carbons (Fsp3) is 0.222. The van der Waals surface area contributed by atoms with Crippen LogP contribution in [0.3, 0.4) is 0 Å². The third kappa shape index (κ3) is 4.09. The highest BCUT2D eigenvalue weighted by molar-refractivity contribution is 7.89. The second kappa shape index (κ2) is 7.53. The molecule has 0 radical (unpaired) electrons. The number of Topliss-reactive ketones (excluding diaryl/α,β-unsaturated/α-hetero) is 1. The van der Waals surface area contributed by atoms with Crippen molar-refractivity contribution in [2.75, 3.05) is 6.54 Å². The minimum absolute atomic E-state index is 0.107. The number of carbonyl (C=O) groups is 1. The van der Waals surface area contributed by atoms with E-state index in [2.05, 4.69) is 9.71 Å². The predicted octanol–water partition coefficient (Wildman–Crippen LogP) is 3.44. The molecule has 0 bridgehead atoms. The molecule has 0 saturated carbocycles. The van der Waals surface area contributed by atoms with Crippen molar-refractivity contribution in [1.29, 1.82) is 0 Å². The highest BCUT2D eigenvalue weighted by Crippen LogP contribution is 2.26. The molecule has 0 spiro atoms. The van der Waals surface area contributed by atoms with Gasteiger partial charge in [-0.2, -0.15) is 0 Å². The van der Waals surface area contributed by atoms with Crippen LogP contribution in [-0.4, -0.2) is 25.7 Å². The second-order valence-electron chi connectivity index (χ2n) is 5.73. The molecule has 136 valence electrons. The number of hydrogen-bond donors (Lipinski definition) is 1. The average molecular weight is 390 g/mol. The monoisotopic (exact) mass is 390 g/mol. The molecule has 0 fully saturated rings. The van der Waals surface area contributed by atoms with Crippen LogP contribution in [0.2, 0.25) is 0 Å². The summed E-state index contributed by atoms with van der Waals surface area (Å²) in [6.07, 6.45) is 0.422. The van der Waals surface area contributed by atoms with E-state index >= 15 is 0 Å². The van der Waals surface area contributed by atoms with Gasteiger partial charge in [0.15, 0.2) is 5.78 Å². The van der Waals surface area contributed by atoms with Gasteiger partial charge in [0, 0.05) is 18.5 Å². The van der Waals surface area contributed by atoms with Gasteiger partial charge in [0.25, 0.3) is 0 Å². The van der Waals surface area contributed by atoms with Crippen molar-refractivity contribution in [2.45, 2.75) is 25.2 Å². The first-order valence-corrected chi connectivity index (χ1v) is 10.3. The summed E-state index contributed by atoms with van der Waals surface area (Å²) in [5.74, 6) is 1.12. The Bertz CT molecular complexity index is 1000. The fourth-order valence-electron chi connectivity index (χ4n) is 2.42. The molecule has 3 aromatic rings. The molecule has 0 aliphatic heterocycles. The Hall–Kier alpha value is -2.29. The lowest BCUT2D eigenvalue weighted by Crippen LogP contribution is -2.26. The maximum absolute atomic E-state index is 12.3. The zero-order valence-electron chi connectivity index (χ0n) is 14.4. The first-order chi connectivity index (χ1) is 12.4. The Morgan fingerprint density at radius 1 is 1.23 bits per heavy atom. The molecule has 0 amide bonds. The number of rotatable bonds is 7. The van der Waals surface area contributed by atoms with Gasteiger partial charge in [0.2, 0.25) is 15.9 Å². The molecule has 0 unspecified atom stereocenters. The summed E-state index contributed by atoms with van der Waals surface area (Å²) in [6, 6.07) is 9.71. The summed E-state index contributed by atoms with van der Waals surface area (Å²) in [4.78, 5) is 16.8. The normalized spacial score (nSPS) is 11.6. The molecule has 6 nitrogen and oxygen atoms in total. The SMILES string of the molecule is CC(=O)c1ccc(S(=O)(=O)NCCc2nc(-c3cccs3)oc2C)cc1. The Balaban J connectivity index is 1.64. The molecular formula is C18H18N2O4S2. The van der Waals surface area contributed by atoms with Gasteiger partial charge in [-0.15, -0.1) is 11.3 Å². The number of nitrogens with zero attached hydrogens (tertiary/aromatic N) is 1. The van der Waals surface area contributed by atoms with Crippen LogP contribution in [0, 0.1) is 6.92 Å². The van der Waals surface area contributed by atoms with Crippen molar-refractivity contribution >= 4 is 27.1 Å². The summed E-state index contributed by atoms with van der Waals surface area (Å²) in [5.41, 5.74) is 1.20. The first kappa shape index (κ1) is 18.5. The van der Waals surface area contributed by atoms with E-state index in [1.54, 1.807) is 0 Å². The predicted molar refractivity (Wildman–Crippen MR) is 99.9 cm³/mol. The largest absolute Gasteiger partial charge is 0.440 e. The second-order valence-corrected chi connectivity index (χ2v) is 8.44. The topological polar surface area (TPSA) is 89.3 Å². The van der Waals surface area contributed by atoms with Crippen molar-refractivity contribution in [3.8, 4) is 10.8 Å². The number of benzene rings is 1. The number of oxazole rings is 1. The minimum atomic E-state index is -3.64. The molecule has 1 N–H and O–H groups in total. The van der Waals surface area contributed by atoms with E-state index in [1.165, 1.54) is 42.5 Å². The molecule has 1 aromatic carbocycles. The van der Waals surface area contributed by atoms with Crippen LogP contribution in [0.4, 0.5) is 0 Å². The smallest absolute Gasteiger partial charge is 0.240 e. The van der Waals surface area contributed by atoms with Crippen LogP contribution in [-0.2, 0) is 16.4 Å². The maximum atomic E-state index is 12.3. The summed E-state index contributed by atoms with van der Waals surface area (Å²) in [6.45, 7) is 3.45. The van der Waals surface area contributed by atoms with Crippen molar-refractivity contribution in [3.63, 3.8) is 0 Å². The van der Waals surface area contributed by atoms with E-state index in [9.17, 15) is 13.2 Å². The van der Waals surface area contributed by atoms with Crippen molar-refractivity contribution in [2.24, 2.45) is 0 Å². The molecule has 0 atom stereocenters. The third-order valence-electron chi connectivity index (χ3n) is 3.85. The van der Waals surface area contributed by atoms with Crippen molar-refractivity contribution < 1.29 is 17.6 Å². The molecule has 2 aromatic heterocycles. The van der Waals surface area contributed by atoms with Crippen LogP contribution in [0.25, 0.3) is 10.8 Å². The van der Waals surface area contributed by atoms with Crippen LogP contribution < -0.4 is 4.72 Å². The van der Waals surface area contributed by atoms with Crippen LogP contribution in [0.5, 0.6) is 0 Å². The van der Waals surface area contributed by atoms with Gasteiger partial charge in [-0.25, -0.2) is 18.1 Å². The van der Waals surface area contributed by atoms with E-state index in [4.69, 9.17) is 4.42 Å². The van der Waals surface area contributed by atoms with Crippen LogP contribution in [0.15, 0.2) is 51.1 Å². The number of sulfonamides is 1. The molecule has 0 saturated heterocycles. The summed E-state index contributed by atoms with van der Waals surface area (Å²) in [5, 5.41) is 1.94. The van der Waals surface area contributed by atoms with E-state index in [0.29, 0.717) is 23.6 Å². The molecule has 3 rings (SSSR count). The fourth-order valence-corrected chi connectivity index (χ4v) is 4.10. The molecule has 0 aliphatic carbocycles. The van der Waals surface area contributed by atoms with Crippen LogP contribution >= 0.6 is 11.3 Å². The highest BCUT2D eigenvalue weighted by atomic mass is 32.2. The van der Waals surface area contributed by atoms with E-state index in [-0.39, 0.29) is 17.2 Å². The highest BCUT2D eigenvalue weighted by Gasteiger charge is 2.16. The van der Waals surface area contributed by atoms with Gasteiger partial charge in [0.05, 0.1) is 15.5 Å². The standard InChI is InChI=1S/C18H18N2O4S2/c1-12(21)14-5-7-15(8-6-14)26(22,23)19-10-9-16-13(2)24-18(20-16)17-4-3-11-25-17/h3-8,11,19H,9-10H2,1-2H3. The number of aromatic nitrogens is 1. The number of hydrogen-bond acceptors (Lipinski definition) is 6. The Labute approximate surface area is 155 Å². The zero-order chi connectivity index (χ0) is 18.7. The summed E-state index contributed by atoms with van der Waals surface area (Å²) >= 11 is 1.53. The summed E-state index contributed by atoms with van der Waals surface area (Å²) < 4.78 is 32.9. The number of nitrogens with one attached hydrogen (secondary N) is 1. The van der Waals surface area contributed by atoms with Gasteiger partial charge in [-0.05, 0) is 37.4 Å². The summed E-state index contributed by atoms with van der Waals surface area (Å²) in [7, 11) is -3.64. The van der Waals surface area contributed by atoms with Crippen LogP contribution in [0.1, 0.15) is 28.7 Å². The molecule has 0 aliphatic rings. The lowest BCUT2D eigenvalue weighted by molar-refractivity contribution is 0.101. The minimum Gasteiger partial charge on any atom is -0.440 e. The Morgan fingerprint density at radius 3 is 2.58 bits per heavy atom. The number of carbonyl (C=O) groups excluding carboxylic acids is 1. The number of thiophene rings is 1. The Morgan fingerprint density at radius 2 is 1.96 bits per heavy atom. The maximum Gasteiger partial charge on any atom is 0.240 e. The van der Waals surface area contributed by atoms with Gasteiger partial charge in [-0.3, -0.25) is 4.79 Å². The number of ketones is 1. The third-order valence-corrected chi connectivity index (χ3v) is 6.18. The van der Waals surface area contributed by atoms with E-state index < -0.39 is 10.0 Å². The van der Waals surface area contributed by atoms with Gasteiger partial charge in [0.1, 0.15) is 5.76 Å². The van der Waals surface area contributed by atoms with Crippen molar-refractivity contribution in [1.82, 2.24) is 9.71 Å². The Kier molecular flexibility index (Phi) is 5.36. The molecule has 8 heteroatoms. The quantitative estimate of drug-likeness (QED) is 0.624. The first-order valence-electron chi connectivity index (χ1n) is 7.97. The van der Waals surface area contributed by atoms with Crippen molar-refractivity contribution in [3.05, 3.63) is 58.8 Å². The van der Waals surface area contributed by atoms with Gasteiger partial charge in [-0.1, -0.05) is 18.2 Å². The molecule has 2 heterocycles. The van der Waals surface area contributed by atoms with Gasteiger partial charge < -0.3 is 4.42 Å². The average Bonchev–Trinajstić information content (AvgIpc) is 3.25. The lowest BCUT2D eigenvalue weighted by Gasteiger charge is -2.06. The zero-order valence-corrected chi connectivity index (χ0v) is 16.0. The molecule has 26 heavy (non-hydrogen) atoms. The molecular weight excluding hydrogens is 372 g/mol. The number of aryl methyl sites for hydroxylation is 1. The van der Waals surface area contributed by atoms with Gasteiger partial charge >= 0.3 is 0 Å².